The average Bonchev–Trinajstić information content (AvgIpc) is 2.71. The predicted molar refractivity (Wildman–Crippen MR) is 92.7 cm³/mol. The van der Waals surface area contributed by atoms with Crippen molar-refractivity contribution in [2.75, 3.05) is 24.6 Å². The van der Waals surface area contributed by atoms with Crippen LogP contribution in [0.4, 0.5) is 5.69 Å². The van der Waals surface area contributed by atoms with Crippen LogP contribution in [0, 0.1) is 0 Å². The number of fused-ring (bicyclic) bond motifs is 1. The van der Waals surface area contributed by atoms with Gasteiger partial charge in [0.25, 0.3) is 0 Å². The summed E-state index contributed by atoms with van der Waals surface area (Å²) >= 11 is 11.2. The number of nitrogens with two attached hydrogens (primary N) is 1. The lowest BCUT2D eigenvalue weighted by Crippen LogP contribution is -2.33. The zero-order chi connectivity index (χ0) is 14.8. The summed E-state index contributed by atoms with van der Waals surface area (Å²) in [4.78, 5) is 3.50. The van der Waals surface area contributed by atoms with Gasteiger partial charge in [-0.2, -0.15) is 0 Å². The molecule has 1 aromatic carbocycles. The summed E-state index contributed by atoms with van der Waals surface area (Å²) in [6.07, 6.45) is 0.978. The van der Waals surface area contributed by atoms with Gasteiger partial charge >= 0.3 is 0 Å². The molecule has 2 N–H and O–H groups in total. The first-order chi connectivity index (χ1) is 10.2. The van der Waals surface area contributed by atoms with Crippen molar-refractivity contribution in [1.29, 1.82) is 0 Å². The minimum Gasteiger partial charge on any atom is -0.491 e. The van der Waals surface area contributed by atoms with E-state index in [9.17, 15) is 0 Å². The maximum atomic E-state index is 6.19. The van der Waals surface area contributed by atoms with Crippen molar-refractivity contribution in [1.82, 2.24) is 0 Å². The van der Waals surface area contributed by atoms with Crippen molar-refractivity contribution in [2.24, 2.45) is 5.73 Å². The van der Waals surface area contributed by atoms with Gasteiger partial charge < -0.3 is 15.4 Å². The second-order valence-corrected chi connectivity index (χ2v) is 7.43. The van der Waals surface area contributed by atoms with Crippen molar-refractivity contribution in [3.63, 3.8) is 0 Å². The Kier molecular flexibility index (Phi) is 4.74. The maximum absolute atomic E-state index is 6.19. The third-order valence-corrected chi connectivity index (χ3v) is 6.14. The van der Waals surface area contributed by atoms with E-state index < -0.39 is 0 Å². The molecule has 112 valence electrons. The molecule has 3 rings (SSSR count). The molecule has 0 bridgehead atoms. The van der Waals surface area contributed by atoms with Crippen LogP contribution >= 0.6 is 38.9 Å². The molecule has 0 amide bonds. The fourth-order valence-electron chi connectivity index (χ4n) is 2.60. The topological polar surface area (TPSA) is 38.5 Å². The van der Waals surface area contributed by atoms with E-state index in [1.165, 1.54) is 4.88 Å². The van der Waals surface area contributed by atoms with Crippen molar-refractivity contribution in [2.45, 2.75) is 12.5 Å². The predicted octanol–water partition coefficient (Wildman–Crippen LogP) is 4.45. The number of thiophene rings is 1. The molecule has 0 fully saturated rings. The second kappa shape index (κ2) is 6.57. The number of nitrogens with zero attached hydrogens (tertiary/aromatic N) is 1. The minimum atomic E-state index is 0.113. The van der Waals surface area contributed by atoms with Gasteiger partial charge in [0.05, 0.1) is 18.3 Å². The molecule has 1 aromatic heterocycles. The maximum Gasteiger partial charge on any atom is 0.142 e. The smallest absolute Gasteiger partial charge is 0.142 e. The molecule has 0 aliphatic carbocycles. The fourth-order valence-corrected chi connectivity index (χ4v) is 4.46. The molecule has 21 heavy (non-hydrogen) atoms. The summed E-state index contributed by atoms with van der Waals surface area (Å²) in [5.41, 5.74) is 7.17. The Bertz CT molecular complexity index is 614. The molecular formula is C15H16BrClN2OS. The summed E-state index contributed by atoms with van der Waals surface area (Å²) in [5, 5.41) is 0. The first-order valence-electron chi connectivity index (χ1n) is 6.84. The third kappa shape index (κ3) is 3.06. The molecule has 2 aromatic rings. The molecule has 0 saturated carbocycles. The number of para-hydroxylation sites is 2. The van der Waals surface area contributed by atoms with Crippen molar-refractivity contribution >= 4 is 44.6 Å². The molecule has 0 spiro atoms. The van der Waals surface area contributed by atoms with Crippen LogP contribution in [-0.4, -0.2) is 19.7 Å². The molecule has 6 heteroatoms. The Morgan fingerprint density at radius 2 is 2.24 bits per heavy atom. The van der Waals surface area contributed by atoms with Crippen LogP contribution in [0.1, 0.15) is 17.3 Å². The summed E-state index contributed by atoms with van der Waals surface area (Å²) < 4.78 is 7.52. The highest BCUT2D eigenvalue weighted by Gasteiger charge is 2.26. The van der Waals surface area contributed by atoms with E-state index in [0.717, 1.165) is 39.8 Å². The van der Waals surface area contributed by atoms with Crippen molar-refractivity contribution in [3.05, 3.63) is 44.0 Å². The standard InChI is InChI=1S/C15H16BrClN2OS/c16-10-8-14(21-15(10)17)12(9-18)19-6-3-7-20-13-5-2-1-4-11(13)19/h1-2,4-5,8,12H,3,6-7,9,18H2. The van der Waals surface area contributed by atoms with Gasteiger partial charge in [0.2, 0.25) is 0 Å². The molecule has 1 atom stereocenters. The number of ether oxygens (including phenoxy) is 1. The van der Waals surface area contributed by atoms with Crippen LogP contribution in [0.3, 0.4) is 0 Å². The number of rotatable bonds is 3. The summed E-state index contributed by atoms with van der Waals surface area (Å²) in [5.74, 6) is 0.926. The molecule has 0 radical (unpaired) electrons. The normalized spacial score (nSPS) is 16.0. The summed E-state index contributed by atoms with van der Waals surface area (Å²) in [6.45, 7) is 2.20. The van der Waals surface area contributed by atoms with Crippen molar-refractivity contribution in [3.8, 4) is 5.75 Å². The SMILES string of the molecule is NCC(c1cc(Br)c(Cl)s1)N1CCCOc2ccccc21. The third-order valence-electron chi connectivity index (χ3n) is 3.57. The Labute approximate surface area is 141 Å². The largest absolute Gasteiger partial charge is 0.491 e. The van der Waals surface area contributed by atoms with E-state index in [1.807, 2.05) is 18.2 Å². The highest BCUT2D eigenvalue weighted by atomic mass is 79.9. The van der Waals surface area contributed by atoms with Crippen LogP contribution < -0.4 is 15.4 Å². The quantitative estimate of drug-likeness (QED) is 0.845. The molecule has 2 heterocycles. The minimum absolute atomic E-state index is 0.113. The Hall–Kier alpha value is -0.750. The van der Waals surface area contributed by atoms with Crippen LogP contribution in [0.2, 0.25) is 4.34 Å². The lowest BCUT2D eigenvalue weighted by atomic mass is 10.1. The zero-order valence-corrected chi connectivity index (χ0v) is 14.5. The van der Waals surface area contributed by atoms with Gasteiger partial charge in [-0.1, -0.05) is 23.7 Å². The Morgan fingerprint density at radius 1 is 1.43 bits per heavy atom. The number of benzene rings is 1. The van der Waals surface area contributed by atoms with Gasteiger partial charge in [-0.15, -0.1) is 11.3 Å². The Morgan fingerprint density at radius 3 is 2.95 bits per heavy atom. The van der Waals surface area contributed by atoms with E-state index in [1.54, 1.807) is 11.3 Å². The number of anilines is 1. The van der Waals surface area contributed by atoms with E-state index in [0.29, 0.717) is 6.54 Å². The molecule has 1 aliphatic heterocycles. The monoisotopic (exact) mass is 386 g/mol. The average molecular weight is 388 g/mol. The van der Waals surface area contributed by atoms with Gasteiger partial charge in [0.15, 0.2) is 0 Å². The first-order valence-corrected chi connectivity index (χ1v) is 8.82. The number of hydrogen-bond acceptors (Lipinski definition) is 4. The fraction of sp³-hybridized carbons (Fsp3) is 0.333. The number of hydrogen-bond donors (Lipinski definition) is 1. The van der Waals surface area contributed by atoms with Gasteiger partial charge in [0, 0.05) is 22.4 Å². The summed E-state index contributed by atoms with van der Waals surface area (Å²) in [7, 11) is 0. The van der Waals surface area contributed by atoms with Gasteiger partial charge in [0.1, 0.15) is 10.1 Å². The van der Waals surface area contributed by atoms with Crippen LogP contribution in [-0.2, 0) is 0 Å². The molecule has 1 unspecified atom stereocenters. The van der Waals surface area contributed by atoms with Gasteiger partial charge in [-0.3, -0.25) is 0 Å². The first kappa shape index (κ1) is 15.2. The highest BCUT2D eigenvalue weighted by Crippen LogP contribution is 2.41. The van der Waals surface area contributed by atoms with E-state index in [4.69, 9.17) is 22.1 Å². The van der Waals surface area contributed by atoms with Crippen LogP contribution in [0.15, 0.2) is 34.8 Å². The lowest BCUT2D eigenvalue weighted by molar-refractivity contribution is 0.322. The van der Waals surface area contributed by atoms with Gasteiger partial charge in [-0.25, -0.2) is 0 Å². The van der Waals surface area contributed by atoms with Gasteiger partial charge in [-0.05, 0) is 40.5 Å². The van der Waals surface area contributed by atoms with E-state index >= 15 is 0 Å². The summed E-state index contributed by atoms with van der Waals surface area (Å²) in [6, 6.07) is 10.3. The molecule has 0 saturated heterocycles. The molecule has 3 nitrogen and oxygen atoms in total. The van der Waals surface area contributed by atoms with Crippen LogP contribution in [0.25, 0.3) is 0 Å². The highest BCUT2D eigenvalue weighted by molar-refractivity contribution is 9.10. The van der Waals surface area contributed by atoms with E-state index in [2.05, 4.69) is 33.0 Å². The van der Waals surface area contributed by atoms with E-state index in [-0.39, 0.29) is 6.04 Å². The number of halogens is 2. The Balaban J connectivity index is 2.00. The molecular weight excluding hydrogens is 372 g/mol. The van der Waals surface area contributed by atoms with Crippen LogP contribution in [0.5, 0.6) is 5.75 Å². The van der Waals surface area contributed by atoms with Crippen molar-refractivity contribution < 1.29 is 4.74 Å². The zero-order valence-electron chi connectivity index (χ0n) is 11.4. The lowest BCUT2D eigenvalue weighted by Gasteiger charge is -2.31. The second-order valence-electron chi connectivity index (χ2n) is 4.89. The molecule has 1 aliphatic rings.